The van der Waals surface area contributed by atoms with Gasteiger partial charge in [-0.2, -0.15) is 0 Å². The summed E-state index contributed by atoms with van der Waals surface area (Å²) in [6, 6.07) is 14.7. The van der Waals surface area contributed by atoms with E-state index in [0.29, 0.717) is 24.3 Å². The van der Waals surface area contributed by atoms with Gasteiger partial charge in [-0.15, -0.1) is 0 Å². The Balaban J connectivity index is 1.85. The number of rotatable bonds is 8. The molecule has 6 nitrogen and oxygen atoms in total. The normalized spacial score (nSPS) is 10.1. The smallest absolute Gasteiger partial charge is 0.243 e. The van der Waals surface area contributed by atoms with Crippen molar-refractivity contribution < 1.29 is 19.1 Å². The fraction of sp³-hybridized carbons (Fsp3) is 0.300. The molecule has 0 saturated heterocycles. The summed E-state index contributed by atoms with van der Waals surface area (Å²) in [5.74, 6) is 1.06. The molecule has 0 heterocycles. The maximum atomic E-state index is 12.3. The van der Waals surface area contributed by atoms with Crippen molar-refractivity contribution in [3.05, 3.63) is 54.1 Å². The molecule has 0 spiro atoms. The number of carbonyl (C=O) groups is 2. The molecule has 2 amide bonds. The first-order valence-electron chi connectivity index (χ1n) is 8.33. The molecule has 2 aromatic rings. The summed E-state index contributed by atoms with van der Waals surface area (Å²) in [5, 5.41) is 2.76. The lowest BCUT2D eigenvalue weighted by atomic mass is 10.1. The summed E-state index contributed by atoms with van der Waals surface area (Å²) >= 11 is 0. The van der Waals surface area contributed by atoms with Crippen LogP contribution in [0.25, 0.3) is 0 Å². The number of nitrogens with zero attached hydrogens (tertiary/aromatic N) is 1. The van der Waals surface area contributed by atoms with Crippen LogP contribution in [-0.4, -0.2) is 44.5 Å². The zero-order chi connectivity index (χ0) is 18.9. The number of amides is 2. The Morgan fingerprint density at radius 2 is 1.81 bits per heavy atom. The molecule has 2 aromatic carbocycles. The molecule has 0 aliphatic rings. The van der Waals surface area contributed by atoms with Crippen LogP contribution in [0.5, 0.6) is 11.5 Å². The molecule has 6 heteroatoms. The average Bonchev–Trinajstić information content (AvgIpc) is 2.66. The van der Waals surface area contributed by atoms with Gasteiger partial charge in [-0.25, -0.2) is 0 Å². The van der Waals surface area contributed by atoms with Crippen LogP contribution < -0.4 is 14.8 Å². The summed E-state index contributed by atoms with van der Waals surface area (Å²) in [6.45, 7) is -0.0119. The van der Waals surface area contributed by atoms with Crippen molar-refractivity contribution in [3.8, 4) is 11.5 Å². The third kappa shape index (κ3) is 5.51. The van der Waals surface area contributed by atoms with Crippen LogP contribution >= 0.6 is 0 Å². The Hall–Kier alpha value is -3.02. The molecule has 1 N–H and O–H groups in total. The number of methoxy groups -OCH3 is 2. The third-order valence-electron chi connectivity index (χ3n) is 3.96. The summed E-state index contributed by atoms with van der Waals surface area (Å²) in [5.41, 5.74) is 1.60. The van der Waals surface area contributed by atoms with E-state index in [0.717, 1.165) is 11.3 Å². The van der Waals surface area contributed by atoms with Crippen molar-refractivity contribution in [1.29, 1.82) is 0 Å². The van der Waals surface area contributed by atoms with Gasteiger partial charge in [0.15, 0.2) is 0 Å². The number of ether oxygens (including phenoxy) is 2. The van der Waals surface area contributed by atoms with Crippen LogP contribution in [-0.2, 0) is 16.0 Å². The highest BCUT2D eigenvalue weighted by Gasteiger charge is 2.14. The maximum Gasteiger partial charge on any atom is 0.243 e. The van der Waals surface area contributed by atoms with Gasteiger partial charge in [-0.1, -0.05) is 24.3 Å². The van der Waals surface area contributed by atoms with Gasteiger partial charge < -0.3 is 19.7 Å². The van der Waals surface area contributed by atoms with Crippen LogP contribution in [0.15, 0.2) is 48.5 Å². The predicted octanol–water partition coefficient (Wildman–Crippen LogP) is 2.73. The van der Waals surface area contributed by atoms with Crippen molar-refractivity contribution in [2.24, 2.45) is 0 Å². The van der Waals surface area contributed by atoms with Gasteiger partial charge >= 0.3 is 0 Å². The van der Waals surface area contributed by atoms with E-state index in [9.17, 15) is 9.59 Å². The van der Waals surface area contributed by atoms with Crippen molar-refractivity contribution in [2.75, 3.05) is 33.1 Å². The largest absolute Gasteiger partial charge is 0.497 e. The van der Waals surface area contributed by atoms with E-state index < -0.39 is 0 Å². The minimum Gasteiger partial charge on any atom is -0.497 e. The van der Waals surface area contributed by atoms with E-state index in [1.165, 1.54) is 4.90 Å². The Morgan fingerprint density at radius 3 is 2.54 bits per heavy atom. The second-order valence-electron chi connectivity index (χ2n) is 5.84. The number of hydrogen-bond acceptors (Lipinski definition) is 4. The Kier molecular flexibility index (Phi) is 7.02. The molecule has 0 bridgehead atoms. The van der Waals surface area contributed by atoms with Gasteiger partial charge in [-0.3, -0.25) is 9.59 Å². The SMILES string of the molecule is COc1cccc(NC(=O)CN(C)C(=O)CCc2ccccc2OC)c1. The molecule has 138 valence electrons. The van der Waals surface area contributed by atoms with Gasteiger partial charge in [0.05, 0.1) is 20.8 Å². The number of para-hydroxylation sites is 1. The number of likely N-dealkylation sites (N-methyl/N-ethyl adjacent to an activating group) is 1. The fourth-order valence-electron chi connectivity index (χ4n) is 2.55. The van der Waals surface area contributed by atoms with E-state index in [2.05, 4.69) is 5.32 Å². The predicted molar refractivity (Wildman–Crippen MR) is 101 cm³/mol. The van der Waals surface area contributed by atoms with Gasteiger partial charge in [0.25, 0.3) is 0 Å². The molecule has 0 aromatic heterocycles. The van der Waals surface area contributed by atoms with Crippen molar-refractivity contribution in [2.45, 2.75) is 12.8 Å². The fourth-order valence-corrected chi connectivity index (χ4v) is 2.55. The molecule has 26 heavy (non-hydrogen) atoms. The molecule has 0 aliphatic carbocycles. The molecular formula is C20H24N2O4. The standard InChI is InChI=1S/C20H24N2O4/c1-22(14-19(23)21-16-8-6-9-17(13-16)25-2)20(24)12-11-15-7-4-5-10-18(15)26-3/h4-10,13H,11-12,14H2,1-3H3,(H,21,23). The summed E-state index contributed by atoms with van der Waals surface area (Å²) in [4.78, 5) is 25.8. The molecule has 0 atom stereocenters. The number of carbonyl (C=O) groups excluding carboxylic acids is 2. The van der Waals surface area contributed by atoms with Crippen LogP contribution in [0.3, 0.4) is 0 Å². The quantitative estimate of drug-likeness (QED) is 0.790. The number of hydrogen-bond donors (Lipinski definition) is 1. The van der Waals surface area contributed by atoms with Gasteiger partial charge in [0.2, 0.25) is 11.8 Å². The molecule has 0 saturated carbocycles. The molecule has 0 aliphatic heterocycles. The van der Waals surface area contributed by atoms with E-state index in [-0.39, 0.29) is 18.4 Å². The highest BCUT2D eigenvalue weighted by molar-refractivity contribution is 5.94. The number of nitrogens with one attached hydrogen (secondary N) is 1. The highest BCUT2D eigenvalue weighted by atomic mass is 16.5. The minimum atomic E-state index is -0.258. The number of anilines is 1. The Labute approximate surface area is 153 Å². The highest BCUT2D eigenvalue weighted by Crippen LogP contribution is 2.19. The molecule has 0 radical (unpaired) electrons. The van der Waals surface area contributed by atoms with E-state index >= 15 is 0 Å². The van der Waals surface area contributed by atoms with E-state index in [4.69, 9.17) is 9.47 Å². The number of benzene rings is 2. The first kappa shape index (κ1) is 19.3. The second kappa shape index (κ2) is 9.46. The lowest BCUT2D eigenvalue weighted by Gasteiger charge is -2.17. The van der Waals surface area contributed by atoms with Gasteiger partial charge in [-0.05, 0) is 30.2 Å². The van der Waals surface area contributed by atoms with Crippen molar-refractivity contribution in [1.82, 2.24) is 4.90 Å². The average molecular weight is 356 g/mol. The van der Waals surface area contributed by atoms with E-state index in [1.54, 1.807) is 45.5 Å². The Morgan fingerprint density at radius 1 is 1.04 bits per heavy atom. The van der Waals surface area contributed by atoms with Crippen LogP contribution in [0.1, 0.15) is 12.0 Å². The monoisotopic (exact) mass is 356 g/mol. The van der Waals surface area contributed by atoms with E-state index in [1.807, 2.05) is 24.3 Å². The van der Waals surface area contributed by atoms with Crippen LogP contribution in [0.2, 0.25) is 0 Å². The summed E-state index contributed by atoms with van der Waals surface area (Å²) in [6.07, 6.45) is 0.869. The van der Waals surface area contributed by atoms with Gasteiger partial charge in [0, 0.05) is 25.2 Å². The topological polar surface area (TPSA) is 67.9 Å². The minimum absolute atomic E-state index is 0.0119. The summed E-state index contributed by atoms with van der Waals surface area (Å²) < 4.78 is 10.4. The molecule has 0 unspecified atom stereocenters. The maximum absolute atomic E-state index is 12.3. The van der Waals surface area contributed by atoms with Crippen molar-refractivity contribution >= 4 is 17.5 Å². The molecule has 2 rings (SSSR count). The number of aryl methyl sites for hydroxylation is 1. The zero-order valence-electron chi connectivity index (χ0n) is 15.3. The molecular weight excluding hydrogens is 332 g/mol. The van der Waals surface area contributed by atoms with Crippen LogP contribution in [0, 0.1) is 0 Å². The van der Waals surface area contributed by atoms with Crippen LogP contribution in [0.4, 0.5) is 5.69 Å². The first-order chi connectivity index (χ1) is 12.5. The zero-order valence-corrected chi connectivity index (χ0v) is 15.3. The lowest BCUT2D eigenvalue weighted by Crippen LogP contribution is -2.35. The summed E-state index contributed by atoms with van der Waals surface area (Å²) in [7, 11) is 4.79. The molecule has 0 fully saturated rings. The first-order valence-corrected chi connectivity index (χ1v) is 8.33. The van der Waals surface area contributed by atoms with Crippen molar-refractivity contribution in [3.63, 3.8) is 0 Å². The lowest BCUT2D eigenvalue weighted by molar-refractivity contribution is -0.133. The second-order valence-corrected chi connectivity index (χ2v) is 5.84. The third-order valence-corrected chi connectivity index (χ3v) is 3.96. The van der Waals surface area contributed by atoms with Gasteiger partial charge in [0.1, 0.15) is 11.5 Å². The Bertz CT molecular complexity index is 761.